The third-order valence-electron chi connectivity index (χ3n) is 1.20. The smallest absolute Gasteiger partial charge is 0.316 e. The summed E-state index contributed by atoms with van der Waals surface area (Å²) in [6.45, 7) is 8.53. The van der Waals surface area contributed by atoms with Gasteiger partial charge in [-0.3, -0.25) is 4.79 Å². The highest BCUT2D eigenvalue weighted by atomic mass is 32.2. The van der Waals surface area contributed by atoms with E-state index in [-0.39, 0.29) is 10.7 Å². The number of carbonyl (C=O) groups excluding carboxylic acids is 1. The quantitative estimate of drug-likeness (QED) is 0.518. The number of hydrogen-bond donors (Lipinski definition) is 0. The average molecular weight is 202 g/mol. The second-order valence-corrected chi connectivity index (χ2v) is 5.46. The first-order valence-electron chi connectivity index (χ1n) is 4.36. The number of allylic oxidation sites excluding steroid dienone is 1. The van der Waals surface area contributed by atoms with Crippen molar-refractivity contribution in [1.82, 2.24) is 0 Å². The molecule has 0 atom stereocenters. The first-order valence-corrected chi connectivity index (χ1v) is 5.35. The summed E-state index contributed by atoms with van der Waals surface area (Å²) in [5, 5.41) is 0. The highest BCUT2D eigenvalue weighted by Crippen LogP contribution is 2.22. The summed E-state index contributed by atoms with van der Waals surface area (Å²) in [6.07, 6.45) is 3.68. The topological polar surface area (TPSA) is 26.3 Å². The van der Waals surface area contributed by atoms with E-state index in [0.717, 1.165) is 0 Å². The Hall–Kier alpha value is -0.440. The molecule has 0 aliphatic heterocycles. The normalized spacial score (nSPS) is 12.0. The van der Waals surface area contributed by atoms with Crippen LogP contribution in [0, 0.1) is 0 Å². The molecular formula is C10H18O2S. The zero-order valence-electron chi connectivity index (χ0n) is 8.79. The summed E-state index contributed by atoms with van der Waals surface area (Å²) in [6, 6.07) is 0. The van der Waals surface area contributed by atoms with Crippen LogP contribution in [-0.2, 0) is 9.53 Å². The Morgan fingerprint density at radius 3 is 2.54 bits per heavy atom. The van der Waals surface area contributed by atoms with E-state index in [1.54, 1.807) is 11.8 Å². The minimum atomic E-state index is -0.141. The van der Waals surface area contributed by atoms with Crippen LogP contribution in [0.5, 0.6) is 0 Å². The van der Waals surface area contributed by atoms with E-state index >= 15 is 0 Å². The van der Waals surface area contributed by atoms with Crippen LogP contribution in [0.2, 0.25) is 0 Å². The number of hydrogen-bond acceptors (Lipinski definition) is 3. The van der Waals surface area contributed by atoms with Crippen molar-refractivity contribution in [3.05, 3.63) is 12.2 Å². The summed E-state index contributed by atoms with van der Waals surface area (Å²) in [5.41, 5.74) is 0. The standard InChI is InChI=1S/C10H18O2S/c1-5-6-7-12-9(11)8-13-10(2,3)4/h5-6H,7-8H2,1-4H3/b6-5+. The molecule has 0 aromatic carbocycles. The molecule has 0 radical (unpaired) electrons. The third kappa shape index (κ3) is 9.47. The number of esters is 1. The summed E-state index contributed by atoms with van der Waals surface area (Å²) in [5.74, 6) is 0.291. The van der Waals surface area contributed by atoms with E-state index < -0.39 is 0 Å². The van der Waals surface area contributed by atoms with Crippen LogP contribution < -0.4 is 0 Å². The minimum absolute atomic E-state index is 0.125. The molecule has 0 N–H and O–H groups in total. The fourth-order valence-electron chi connectivity index (χ4n) is 0.554. The van der Waals surface area contributed by atoms with E-state index in [0.29, 0.717) is 12.4 Å². The lowest BCUT2D eigenvalue weighted by Gasteiger charge is -2.16. The van der Waals surface area contributed by atoms with Crippen LogP contribution in [-0.4, -0.2) is 23.1 Å². The predicted molar refractivity (Wildman–Crippen MR) is 58.0 cm³/mol. The zero-order chi connectivity index (χ0) is 10.3. The summed E-state index contributed by atoms with van der Waals surface area (Å²) in [4.78, 5) is 11.1. The molecule has 0 spiro atoms. The van der Waals surface area contributed by atoms with Gasteiger partial charge in [0.25, 0.3) is 0 Å². The molecule has 0 unspecified atom stereocenters. The fourth-order valence-corrected chi connectivity index (χ4v) is 1.19. The van der Waals surface area contributed by atoms with E-state index in [1.807, 2.05) is 19.1 Å². The van der Waals surface area contributed by atoms with E-state index in [4.69, 9.17) is 4.74 Å². The van der Waals surface area contributed by atoms with E-state index in [2.05, 4.69) is 20.8 Å². The fraction of sp³-hybridized carbons (Fsp3) is 0.700. The molecule has 0 bridgehead atoms. The number of rotatable bonds is 4. The Bertz CT molecular complexity index is 180. The molecule has 13 heavy (non-hydrogen) atoms. The van der Waals surface area contributed by atoms with E-state index in [9.17, 15) is 4.79 Å². The molecular weight excluding hydrogens is 184 g/mol. The summed E-state index contributed by atoms with van der Waals surface area (Å²) < 4.78 is 5.06. The largest absolute Gasteiger partial charge is 0.461 e. The van der Waals surface area contributed by atoms with Crippen molar-refractivity contribution in [2.24, 2.45) is 0 Å². The molecule has 0 aromatic heterocycles. The number of ether oxygens (including phenoxy) is 1. The predicted octanol–water partition coefficient (Wildman–Crippen LogP) is 2.64. The molecule has 3 heteroatoms. The molecule has 0 rings (SSSR count). The highest BCUT2D eigenvalue weighted by molar-refractivity contribution is 8.01. The van der Waals surface area contributed by atoms with Gasteiger partial charge in [-0.1, -0.05) is 32.9 Å². The van der Waals surface area contributed by atoms with Crippen LogP contribution in [0.15, 0.2) is 12.2 Å². The summed E-state index contributed by atoms with van der Waals surface area (Å²) >= 11 is 1.60. The van der Waals surface area contributed by atoms with Crippen molar-refractivity contribution in [3.8, 4) is 0 Å². The van der Waals surface area contributed by atoms with Gasteiger partial charge in [-0.25, -0.2) is 0 Å². The van der Waals surface area contributed by atoms with Gasteiger partial charge in [-0.05, 0) is 6.92 Å². The lowest BCUT2D eigenvalue weighted by molar-refractivity contribution is -0.139. The number of carbonyl (C=O) groups is 1. The Morgan fingerprint density at radius 1 is 1.46 bits per heavy atom. The van der Waals surface area contributed by atoms with Gasteiger partial charge in [-0.2, -0.15) is 0 Å². The molecule has 2 nitrogen and oxygen atoms in total. The maximum absolute atomic E-state index is 11.1. The molecule has 76 valence electrons. The van der Waals surface area contributed by atoms with Crippen molar-refractivity contribution in [2.75, 3.05) is 12.4 Å². The van der Waals surface area contributed by atoms with Gasteiger partial charge in [0.15, 0.2) is 0 Å². The number of thioether (sulfide) groups is 1. The van der Waals surface area contributed by atoms with Gasteiger partial charge in [0, 0.05) is 4.75 Å². The van der Waals surface area contributed by atoms with Crippen LogP contribution in [0.25, 0.3) is 0 Å². The van der Waals surface area contributed by atoms with Crippen molar-refractivity contribution >= 4 is 17.7 Å². The van der Waals surface area contributed by atoms with Gasteiger partial charge >= 0.3 is 5.97 Å². The Kier molecular flexibility index (Phi) is 5.88. The molecule has 0 aliphatic carbocycles. The van der Waals surface area contributed by atoms with Crippen LogP contribution in [0.3, 0.4) is 0 Å². The van der Waals surface area contributed by atoms with Crippen molar-refractivity contribution in [1.29, 1.82) is 0 Å². The van der Waals surface area contributed by atoms with Gasteiger partial charge in [0.2, 0.25) is 0 Å². The van der Waals surface area contributed by atoms with Crippen molar-refractivity contribution in [3.63, 3.8) is 0 Å². The molecule has 0 amide bonds. The van der Waals surface area contributed by atoms with Gasteiger partial charge in [-0.15, -0.1) is 11.8 Å². The average Bonchev–Trinajstić information content (AvgIpc) is 2.00. The van der Waals surface area contributed by atoms with Crippen molar-refractivity contribution < 1.29 is 9.53 Å². The van der Waals surface area contributed by atoms with Gasteiger partial charge < -0.3 is 4.74 Å². The molecule has 0 aliphatic rings. The lowest BCUT2D eigenvalue weighted by Crippen LogP contribution is -2.14. The van der Waals surface area contributed by atoms with Crippen LogP contribution in [0.1, 0.15) is 27.7 Å². The maximum atomic E-state index is 11.1. The van der Waals surface area contributed by atoms with Crippen molar-refractivity contribution in [2.45, 2.75) is 32.4 Å². The molecule has 0 heterocycles. The molecule has 0 saturated carbocycles. The molecule has 0 saturated heterocycles. The van der Waals surface area contributed by atoms with E-state index in [1.165, 1.54) is 0 Å². The zero-order valence-corrected chi connectivity index (χ0v) is 9.61. The van der Waals surface area contributed by atoms with Crippen LogP contribution >= 0.6 is 11.8 Å². The highest BCUT2D eigenvalue weighted by Gasteiger charge is 2.13. The Balaban J connectivity index is 3.52. The molecule has 0 aromatic rings. The first-order chi connectivity index (χ1) is 5.95. The second kappa shape index (κ2) is 6.08. The lowest BCUT2D eigenvalue weighted by atomic mass is 10.3. The Morgan fingerprint density at radius 2 is 2.08 bits per heavy atom. The first kappa shape index (κ1) is 12.6. The third-order valence-corrected chi connectivity index (χ3v) is 2.45. The second-order valence-electron chi connectivity index (χ2n) is 3.65. The van der Waals surface area contributed by atoms with Crippen LogP contribution in [0.4, 0.5) is 0 Å². The van der Waals surface area contributed by atoms with Gasteiger partial charge in [0.1, 0.15) is 6.61 Å². The Labute approximate surface area is 84.7 Å². The monoisotopic (exact) mass is 202 g/mol. The molecule has 0 fully saturated rings. The summed E-state index contributed by atoms with van der Waals surface area (Å²) in [7, 11) is 0. The maximum Gasteiger partial charge on any atom is 0.316 e. The minimum Gasteiger partial charge on any atom is -0.461 e. The SMILES string of the molecule is C/C=C/COC(=O)CSC(C)(C)C. The van der Waals surface area contributed by atoms with Gasteiger partial charge in [0.05, 0.1) is 5.75 Å².